The fourth-order valence-electron chi connectivity index (χ4n) is 3.56. The smallest absolute Gasteiger partial charge is 0.234 e. The highest BCUT2D eigenvalue weighted by Crippen LogP contribution is 2.21. The third kappa shape index (κ3) is 13.8. The molecule has 0 aromatic rings. The number of Topliss-reactive ketones (excluding diaryl/α,β-unsaturated/α-hetero) is 1. The van der Waals surface area contributed by atoms with Gasteiger partial charge in [-0.3, -0.25) is 19.3 Å². The molecule has 14 heteroatoms. The molecule has 0 aromatic carbocycles. The van der Waals surface area contributed by atoms with Crippen molar-refractivity contribution in [2.75, 3.05) is 52.5 Å². The van der Waals surface area contributed by atoms with Crippen molar-refractivity contribution in [3.8, 4) is 0 Å². The van der Waals surface area contributed by atoms with Crippen LogP contribution in [0.3, 0.4) is 0 Å². The minimum absolute atomic E-state index is 0.0233. The lowest BCUT2D eigenvalue weighted by atomic mass is 10.0. The van der Waals surface area contributed by atoms with E-state index >= 15 is 0 Å². The number of hydrogen-bond acceptors (Lipinski definition) is 11. The SMILES string of the molecule is CC(=O)CCCCCNC(=O)CN(CC(=O)NCCO)CC(=O)NCCO[C@@H]1O[C@@H](C)[C@@H](O)[C@@H](O)[C@@H]1O. The zero-order valence-corrected chi connectivity index (χ0v) is 21.6. The van der Waals surface area contributed by atoms with Crippen LogP contribution in [0.1, 0.15) is 39.5 Å². The number of hydrogen-bond donors (Lipinski definition) is 7. The van der Waals surface area contributed by atoms with Gasteiger partial charge in [-0.15, -0.1) is 0 Å². The number of ketones is 1. The van der Waals surface area contributed by atoms with Crippen molar-refractivity contribution in [3.63, 3.8) is 0 Å². The molecule has 7 N–H and O–H groups in total. The van der Waals surface area contributed by atoms with Gasteiger partial charge in [-0.05, 0) is 26.7 Å². The van der Waals surface area contributed by atoms with Crippen molar-refractivity contribution in [3.05, 3.63) is 0 Å². The summed E-state index contributed by atoms with van der Waals surface area (Å²) in [5.41, 5.74) is 0. The predicted octanol–water partition coefficient (Wildman–Crippen LogP) is -3.38. The maximum Gasteiger partial charge on any atom is 0.234 e. The van der Waals surface area contributed by atoms with E-state index < -0.39 is 42.5 Å². The van der Waals surface area contributed by atoms with E-state index in [4.69, 9.17) is 14.6 Å². The number of nitrogens with zero attached hydrogens (tertiary/aromatic N) is 1. The number of nitrogens with one attached hydrogen (secondary N) is 3. The van der Waals surface area contributed by atoms with Crippen LogP contribution in [0.2, 0.25) is 0 Å². The van der Waals surface area contributed by atoms with E-state index in [2.05, 4.69) is 16.0 Å². The first-order valence-electron chi connectivity index (χ1n) is 12.5. The highest BCUT2D eigenvalue weighted by molar-refractivity contribution is 5.84. The first-order valence-corrected chi connectivity index (χ1v) is 12.5. The molecular weight excluding hydrogens is 492 g/mol. The van der Waals surface area contributed by atoms with Crippen LogP contribution in [0.15, 0.2) is 0 Å². The first kappa shape index (κ1) is 32.8. The first-order chi connectivity index (χ1) is 17.5. The fraction of sp³-hybridized carbons (Fsp3) is 0.826. The molecule has 0 bridgehead atoms. The summed E-state index contributed by atoms with van der Waals surface area (Å²) in [5, 5.41) is 46.1. The number of carbonyl (C=O) groups excluding carboxylic acids is 4. The Balaban J connectivity index is 2.45. The van der Waals surface area contributed by atoms with Crippen LogP contribution < -0.4 is 16.0 Å². The number of amides is 3. The molecule has 0 aliphatic carbocycles. The van der Waals surface area contributed by atoms with Gasteiger partial charge in [-0.2, -0.15) is 0 Å². The van der Waals surface area contributed by atoms with Crippen LogP contribution in [0, 0.1) is 0 Å². The molecule has 0 radical (unpaired) electrons. The summed E-state index contributed by atoms with van der Waals surface area (Å²) in [6.45, 7) is 2.51. The molecule has 1 aliphatic rings. The number of rotatable bonds is 18. The molecule has 14 nitrogen and oxygen atoms in total. The van der Waals surface area contributed by atoms with E-state index in [1.807, 2.05) is 0 Å². The highest BCUT2D eigenvalue weighted by Gasteiger charge is 2.42. The van der Waals surface area contributed by atoms with E-state index in [1.54, 1.807) is 0 Å². The normalized spacial score (nSPS) is 23.5. The van der Waals surface area contributed by atoms with E-state index in [1.165, 1.54) is 18.7 Å². The third-order valence-electron chi connectivity index (χ3n) is 5.58. The highest BCUT2D eigenvalue weighted by atomic mass is 16.7. The van der Waals surface area contributed by atoms with Gasteiger partial charge in [0.05, 0.1) is 39.0 Å². The number of unbranched alkanes of at least 4 members (excludes halogenated alkanes) is 2. The van der Waals surface area contributed by atoms with Crippen LogP contribution in [0.4, 0.5) is 0 Å². The van der Waals surface area contributed by atoms with Gasteiger partial charge in [0.2, 0.25) is 17.7 Å². The molecule has 0 spiro atoms. The van der Waals surface area contributed by atoms with Gasteiger partial charge < -0.3 is 50.6 Å². The predicted molar refractivity (Wildman–Crippen MR) is 130 cm³/mol. The van der Waals surface area contributed by atoms with Crippen LogP contribution in [-0.2, 0) is 28.7 Å². The van der Waals surface area contributed by atoms with Crippen molar-refractivity contribution in [1.82, 2.24) is 20.9 Å². The number of aliphatic hydroxyl groups is 4. The minimum atomic E-state index is -1.46. The molecule has 1 rings (SSSR count). The molecule has 0 aromatic heterocycles. The molecule has 1 heterocycles. The second kappa shape index (κ2) is 18.1. The van der Waals surface area contributed by atoms with E-state index in [0.717, 1.165) is 12.8 Å². The van der Waals surface area contributed by atoms with Crippen molar-refractivity contribution < 1.29 is 49.1 Å². The molecule has 37 heavy (non-hydrogen) atoms. The van der Waals surface area contributed by atoms with Gasteiger partial charge in [0.15, 0.2) is 6.29 Å². The van der Waals surface area contributed by atoms with Gasteiger partial charge in [0, 0.05) is 26.1 Å². The summed E-state index contributed by atoms with van der Waals surface area (Å²) in [6, 6.07) is 0. The summed E-state index contributed by atoms with van der Waals surface area (Å²) in [7, 11) is 0. The van der Waals surface area contributed by atoms with Gasteiger partial charge in [-0.25, -0.2) is 0 Å². The number of ether oxygens (including phenoxy) is 2. The van der Waals surface area contributed by atoms with Crippen LogP contribution in [0.5, 0.6) is 0 Å². The quantitative estimate of drug-likeness (QED) is 0.0863. The zero-order chi connectivity index (χ0) is 27.8. The van der Waals surface area contributed by atoms with Crippen LogP contribution in [-0.4, -0.2) is 132 Å². The van der Waals surface area contributed by atoms with Crippen molar-refractivity contribution in [2.45, 2.75) is 70.2 Å². The lowest BCUT2D eigenvalue weighted by Gasteiger charge is -2.38. The second-order valence-electron chi connectivity index (χ2n) is 8.98. The Morgan fingerprint density at radius 2 is 1.38 bits per heavy atom. The maximum atomic E-state index is 12.4. The average Bonchev–Trinajstić information content (AvgIpc) is 2.83. The topological polar surface area (TPSA) is 207 Å². The largest absolute Gasteiger partial charge is 0.395 e. The molecule has 1 aliphatic heterocycles. The zero-order valence-electron chi connectivity index (χ0n) is 21.6. The average molecular weight is 535 g/mol. The Bertz CT molecular complexity index is 726. The van der Waals surface area contributed by atoms with Crippen LogP contribution in [0.25, 0.3) is 0 Å². The minimum Gasteiger partial charge on any atom is -0.395 e. The molecule has 0 unspecified atom stereocenters. The van der Waals surface area contributed by atoms with E-state index in [-0.39, 0.29) is 57.6 Å². The Labute approximate surface area is 216 Å². The number of aliphatic hydroxyl groups excluding tert-OH is 4. The van der Waals surface area contributed by atoms with Crippen LogP contribution >= 0.6 is 0 Å². The molecule has 214 valence electrons. The van der Waals surface area contributed by atoms with Crippen molar-refractivity contribution in [1.29, 1.82) is 0 Å². The summed E-state index contributed by atoms with van der Waals surface area (Å²) in [4.78, 5) is 49.1. The second-order valence-corrected chi connectivity index (χ2v) is 8.98. The van der Waals surface area contributed by atoms with E-state index in [9.17, 15) is 34.5 Å². The van der Waals surface area contributed by atoms with Gasteiger partial charge >= 0.3 is 0 Å². The van der Waals surface area contributed by atoms with Gasteiger partial charge in [-0.1, -0.05) is 6.42 Å². The lowest BCUT2D eigenvalue weighted by Crippen LogP contribution is -2.57. The molecule has 1 saturated heterocycles. The van der Waals surface area contributed by atoms with Gasteiger partial charge in [0.1, 0.15) is 24.1 Å². The Hall–Kier alpha value is -2.20. The Morgan fingerprint density at radius 3 is 1.95 bits per heavy atom. The molecule has 3 amide bonds. The lowest BCUT2D eigenvalue weighted by molar-refractivity contribution is -0.292. The van der Waals surface area contributed by atoms with Crippen molar-refractivity contribution >= 4 is 23.5 Å². The van der Waals surface area contributed by atoms with E-state index in [0.29, 0.717) is 19.4 Å². The summed E-state index contributed by atoms with van der Waals surface area (Å²) >= 11 is 0. The fourth-order valence-corrected chi connectivity index (χ4v) is 3.56. The third-order valence-corrected chi connectivity index (χ3v) is 5.58. The monoisotopic (exact) mass is 534 g/mol. The standard InChI is InChI=1S/C23H42N4O10/c1-15(29)6-4-3-5-7-24-17(30)12-27(13-18(31)25-8-10-28)14-19(32)26-9-11-36-23-22(35)21(34)20(33)16(2)37-23/h16,20-23,28,33-35H,3-14H2,1-2H3,(H,24,30)(H,25,31)(H,26,32)/t16-,20+,21+,22-,23+/m0/s1. The Kier molecular flexibility index (Phi) is 16.1. The van der Waals surface area contributed by atoms with Crippen molar-refractivity contribution in [2.24, 2.45) is 0 Å². The molecule has 0 saturated carbocycles. The Morgan fingerprint density at radius 1 is 0.811 bits per heavy atom. The summed E-state index contributed by atoms with van der Waals surface area (Å²) in [5.74, 6) is -1.18. The molecule has 1 fully saturated rings. The molecule has 5 atom stereocenters. The van der Waals surface area contributed by atoms with Gasteiger partial charge in [0.25, 0.3) is 0 Å². The summed E-state index contributed by atoms with van der Waals surface area (Å²) < 4.78 is 10.7. The number of carbonyl (C=O) groups is 4. The summed E-state index contributed by atoms with van der Waals surface area (Å²) in [6.07, 6.45) is -3.33. The molecular formula is C23H42N4O10. The maximum absolute atomic E-state index is 12.4.